The predicted molar refractivity (Wildman–Crippen MR) is 67.3 cm³/mol. The second-order valence-corrected chi connectivity index (χ2v) is 5.32. The van der Waals surface area contributed by atoms with Crippen molar-refractivity contribution < 1.29 is 5.11 Å². The lowest BCUT2D eigenvalue weighted by atomic mass is 9.86. The van der Waals surface area contributed by atoms with Crippen LogP contribution in [0.25, 0.3) is 0 Å². The van der Waals surface area contributed by atoms with Crippen molar-refractivity contribution in [3.05, 3.63) is 24.0 Å². The highest BCUT2D eigenvalue weighted by atomic mass is 16.3. The summed E-state index contributed by atoms with van der Waals surface area (Å²) < 4.78 is 2.20. The number of aryl methyl sites for hydroxylation is 1. The zero-order valence-corrected chi connectivity index (χ0v) is 11.0. The fourth-order valence-electron chi connectivity index (χ4n) is 1.45. The van der Waals surface area contributed by atoms with Crippen LogP contribution >= 0.6 is 0 Å². The zero-order valence-electron chi connectivity index (χ0n) is 11.0. The summed E-state index contributed by atoms with van der Waals surface area (Å²) in [6.45, 7) is 11.6. The Balaban J connectivity index is 2.65. The first kappa shape index (κ1) is 13.3. The molecule has 0 aliphatic rings. The van der Waals surface area contributed by atoms with Crippen LogP contribution in [0.3, 0.4) is 0 Å². The van der Waals surface area contributed by atoms with Crippen molar-refractivity contribution in [2.75, 3.05) is 0 Å². The summed E-state index contributed by atoms with van der Waals surface area (Å²) in [7, 11) is 0. The third-order valence-electron chi connectivity index (χ3n) is 3.51. The maximum Gasteiger partial charge on any atom is 0.0767 e. The van der Waals surface area contributed by atoms with Crippen LogP contribution in [0.2, 0.25) is 0 Å². The van der Waals surface area contributed by atoms with Gasteiger partial charge in [0.15, 0.2) is 0 Å². The molecule has 0 aliphatic carbocycles. The second-order valence-electron chi connectivity index (χ2n) is 5.32. The molecule has 0 saturated carbocycles. The molecule has 16 heavy (non-hydrogen) atoms. The van der Waals surface area contributed by atoms with Gasteiger partial charge in [-0.1, -0.05) is 0 Å². The van der Waals surface area contributed by atoms with Crippen LogP contribution in [0.15, 0.2) is 18.3 Å². The Labute approximate surface area is 98.5 Å². The molecular weight excluding hydrogens is 200 g/mol. The maximum atomic E-state index is 10.0. The Morgan fingerprint density at radius 1 is 1.31 bits per heavy atom. The lowest BCUT2D eigenvalue weighted by molar-refractivity contribution is -0.00556. The summed E-state index contributed by atoms with van der Waals surface area (Å²) in [6.07, 6.45) is 2.08. The summed E-state index contributed by atoms with van der Waals surface area (Å²) in [5.41, 5.74) is 0.201. The van der Waals surface area contributed by atoms with Gasteiger partial charge in [0, 0.05) is 30.5 Å². The van der Waals surface area contributed by atoms with E-state index in [0.717, 1.165) is 13.1 Å². The van der Waals surface area contributed by atoms with Crippen LogP contribution in [0.1, 0.15) is 40.3 Å². The molecule has 0 spiro atoms. The van der Waals surface area contributed by atoms with E-state index in [9.17, 15) is 5.11 Å². The highest BCUT2D eigenvalue weighted by molar-refractivity contribution is 5.08. The molecule has 1 aromatic rings. The van der Waals surface area contributed by atoms with Crippen LogP contribution in [0.4, 0.5) is 0 Å². The van der Waals surface area contributed by atoms with E-state index in [2.05, 4.69) is 35.1 Å². The van der Waals surface area contributed by atoms with Gasteiger partial charge in [0.2, 0.25) is 0 Å². The van der Waals surface area contributed by atoms with Crippen molar-refractivity contribution in [3.63, 3.8) is 0 Å². The standard InChI is InChI=1S/C13H24N2O/c1-6-15-9-7-8-11(15)10-14-12(2,3)13(4,5)16/h7-9,14,16H,6,10H2,1-5H3. The molecule has 0 unspecified atom stereocenters. The Bertz CT molecular complexity index is 334. The third-order valence-corrected chi connectivity index (χ3v) is 3.51. The molecule has 0 radical (unpaired) electrons. The van der Waals surface area contributed by atoms with Gasteiger partial charge in [0.1, 0.15) is 0 Å². The van der Waals surface area contributed by atoms with Gasteiger partial charge in [-0.3, -0.25) is 0 Å². The van der Waals surface area contributed by atoms with Crippen molar-refractivity contribution in [2.24, 2.45) is 0 Å². The summed E-state index contributed by atoms with van der Waals surface area (Å²) >= 11 is 0. The molecule has 0 aliphatic heterocycles. The van der Waals surface area contributed by atoms with Crippen molar-refractivity contribution in [1.29, 1.82) is 0 Å². The first-order valence-electron chi connectivity index (χ1n) is 5.89. The SMILES string of the molecule is CCn1cccc1CNC(C)(C)C(C)(C)O. The van der Waals surface area contributed by atoms with E-state index in [4.69, 9.17) is 0 Å². The molecule has 0 amide bonds. The highest BCUT2D eigenvalue weighted by Gasteiger charge is 2.34. The zero-order chi connectivity index (χ0) is 12.4. The van der Waals surface area contributed by atoms with Crippen molar-refractivity contribution in [2.45, 2.75) is 58.8 Å². The first-order chi connectivity index (χ1) is 7.28. The Hall–Kier alpha value is -0.800. The molecule has 0 saturated heterocycles. The Kier molecular flexibility index (Phi) is 3.81. The molecule has 1 aromatic heterocycles. The number of nitrogens with zero attached hydrogens (tertiary/aromatic N) is 1. The minimum absolute atomic E-state index is 0.310. The van der Waals surface area contributed by atoms with Crippen LogP contribution in [-0.4, -0.2) is 20.8 Å². The van der Waals surface area contributed by atoms with Gasteiger partial charge < -0.3 is 15.0 Å². The van der Waals surface area contributed by atoms with Gasteiger partial charge in [-0.2, -0.15) is 0 Å². The summed E-state index contributed by atoms with van der Waals surface area (Å²) in [4.78, 5) is 0. The molecule has 92 valence electrons. The van der Waals surface area contributed by atoms with E-state index in [1.54, 1.807) is 0 Å². The molecular formula is C13H24N2O. The Morgan fingerprint density at radius 2 is 1.94 bits per heavy atom. The van der Waals surface area contributed by atoms with E-state index in [1.807, 2.05) is 27.7 Å². The summed E-state index contributed by atoms with van der Waals surface area (Å²) in [6, 6.07) is 4.16. The lowest BCUT2D eigenvalue weighted by Crippen LogP contribution is -2.55. The van der Waals surface area contributed by atoms with Crippen LogP contribution < -0.4 is 5.32 Å². The minimum atomic E-state index is -0.739. The van der Waals surface area contributed by atoms with Crippen molar-refractivity contribution in [1.82, 2.24) is 9.88 Å². The first-order valence-corrected chi connectivity index (χ1v) is 5.89. The largest absolute Gasteiger partial charge is 0.389 e. The molecule has 0 atom stereocenters. The number of hydrogen-bond donors (Lipinski definition) is 2. The number of nitrogens with one attached hydrogen (secondary N) is 1. The van der Waals surface area contributed by atoms with Crippen LogP contribution in [0.5, 0.6) is 0 Å². The van der Waals surface area contributed by atoms with E-state index in [1.165, 1.54) is 5.69 Å². The van der Waals surface area contributed by atoms with Gasteiger partial charge >= 0.3 is 0 Å². The smallest absolute Gasteiger partial charge is 0.0767 e. The monoisotopic (exact) mass is 224 g/mol. The van der Waals surface area contributed by atoms with E-state index in [-0.39, 0.29) is 5.54 Å². The number of aromatic nitrogens is 1. The topological polar surface area (TPSA) is 37.2 Å². The molecule has 2 N–H and O–H groups in total. The van der Waals surface area contributed by atoms with Crippen LogP contribution in [0, 0.1) is 0 Å². The summed E-state index contributed by atoms with van der Waals surface area (Å²) in [5.74, 6) is 0. The molecule has 0 fully saturated rings. The van der Waals surface area contributed by atoms with E-state index in [0.29, 0.717) is 0 Å². The predicted octanol–water partition coefficient (Wildman–Crippen LogP) is 2.15. The number of rotatable bonds is 5. The Morgan fingerprint density at radius 3 is 2.44 bits per heavy atom. The van der Waals surface area contributed by atoms with Gasteiger partial charge in [0.25, 0.3) is 0 Å². The molecule has 1 heterocycles. The highest BCUT2D eigenvalue weighted by Crippen LogP contribution is 2.21. The van der Waals surface area contributed by atoms with Crippen molar-refractivity contribution in [3.8, 4) is 0 Å². The molecule has 3 heteroatoms. The average Bonchev–Trinajstić information content (AvgIpc) is 2.60. The normalized spacial score (nSPS) is 13.1. The van der Waals surface area contributed by atoms with Crippen LogP contribution in [-0.2, 0) is 13.1 Å². The average molecular weight is 224 g/mol. The van der Waals surface area contributed by atoms with Gasteiger partial charge in [0.05, 0.1) is 5.60 Å². The minimum Gasteiger partial charge on any atom is -0.389 e. The molecule has 0 bridgehead atoms. The van der Waals surface area contributed by atoms with Gasteiger partial charge in [-0.25, -0.2) is 0 Å². The van der Waals surface area contributed by atoms with E-state index >= 15 is 0 Å². The fraction of sp³-hybridized carbons (Fsp3) is 0.692. The van der Waals surface area contributed by atoms with Gasteiger partial charge in [-0.05, 0) is 46.8 Å². The van der Waals surface area contributed by atoms with Gasteiger partial charge in [-0.15, -0.1) is 0 Å². The lowest BCUT2D eigenvalue weighted by Gasteiger charge is -2.38. The molecule has 0 aromatic carbocycles. The quantitative estimate of drug-likeness (QED) is 0.804. The number of aliphatic hydroxyl groups is 1. The fourth-order valence-corrected chi connectivity index (χ4v) is 1.45. The third kappa shape index (κ3) is 2.86. The van der Waals surface area contributed by atoms with Crippen molar-refractivity contribution >= 4 is 0 Å². The summed E-state index contributed by atoms with van der Waals surface area (Å²) in [5, 5.41) is 13.4. The maximum absolute atomic E-state index is 10.0. The molecule has 1 rings (SSSR count). The molecule has 3 nitrogen and oxygen atoms in total. The number of hydrogen-bond acceptors (Lipinski definition) is 2. The van der Waals surface area contributed by atoms with E-state index < -0.39 is 5.60 Å². The second kappa shape index (κ2) is 4.60.